The van der Waals surface area contributed by atoms with Gasteiger partial charge in [-0.25, -0.2) is 4.39 Å². The van der Waals surface area contributed by atoms with Gasteiger partial charge in [0.15, 0.2) is 0 Å². The SMILES string of the molecule is CC(=O)Cc1ccc(Br)cc1CF. The predicted octanol–water partition coefficient (Wildman–Crippen LogP) is 3.05. The highest BCUT2D eigenvalue weighted by Gasteiger charge is 2.04. The average molecular weight is 245 g/mol. The van der Waals surface area contributed by atoms with E-state index in [0.717, 1.165) is 10.0 Å². The predicted molar refractivity (Wildman–Crippen MR) is 53.3 cm³/mol. The molecular weight excluding hydrogens is 235 g/mol. The highest BCUT2D eigenvalue weighted by atomic mass is 79.9. The van der Waals surface area contributed by atoms with Crippen molar-refractivity contribution in [2.24, 2.45) is 0 Å². The lowest BCUT2D eigenvalue weighted by Crippen LogP contribution is -1.99. The molecular formula is C10H10BrFO. The van der Waals surface area contributed by atoms with E-state index in [4.69, 9.17) is 0 Å². The lowest BCUT2D eigenvalue weighted by atomic mass is 10.0. The molecule has 0 N–H and O–H groups in total. The Morgan fingerprint density at radius 3 is 2.69 bits per heavy atom. The van der Waals surface area contributed by atoms with Gasteiger partial charge in [-0.1, -0.05) is 22.0 Å². The van der Waals surface area contributed by atoms with Crippen LogP contribution in [-0.4, -0.2) is 5.78 Å². The van der Waals surface area contributed by atoms with Crippen LogP contribution in [0.25, 0.3) is 0 Å². The number of rotatable bonds is 3. The van der Waals surface area contributed by atoms with E-state index in [2.05, 4.69) is 15.9 Å². The molecule has 0 heterocycles. The van der Waals surface area contributed by atoms with Crippen molar-refractivity contribution in [2.45, 2.75) is 20.0 Å². The summed E-state index contributed by atoms with van der Waals surface area (Å²) in [6, 6.07) is 5.30. The summed E-state index contributed by atoms with van der Waals surface area (Å²) in [7, 11) is 0. The lowest BCUT2D eigenvalue weighted by molar-refractivity contribution is -0.116. The molecule has 0 saturated carbocycles. The summed E-state index contributed by atoms with van der Waals surface area (Å²) >= 11 is 3.25. The first-order valence-electron chi connectivity index (χ1n) is 3.96. The number of benzene rings is 1. The summed E-state index contributed by atoms with van der Waals surface area (Å²) in [5.74, 6) is 0.0528. The van der Waals surface area contributed by atoms with Crippen molar-refractivity contribution in [3.05, 3.63) is 33.8 Å². The monoisotopic (exact) mass is 244 g/mol. The maximum atomic E-state index is 12.5. The molecule has 0 aromatic heterocycles. The topological polar surface area (TPSA) is 17.1 Å². The standard InChI is InChI=1S/C10H10BrFO/c1-7(13)4-8-2-3-10(11)5-9(8)6-12/h2-3,5H,4,6H2,1H3. The summed E-state index contributed by atoms with van der Waals surface area (Å²) in [6.07, 6.45) is 0.312. The Balaban J connectivity index is 2.99. The maximum Gasteiger partial charge on any atom is 0.134 e. The van der Waals surface area contributed by atoms with Crippen LogP contribution in [0, 0.1) is 0 Å². The normalized spacial score (nSPS) is 10.1. The van der Waals surface area contributed by atoms with Crippen LogP contribution in [0.4, 0.5) is 4.39 Å². The second kappa shape index (κ2) is 4.51. The van der Waals surface area contributed by atoms with Crippen LogP contribution >= 0.6 is 15.9 Å². The first-order valence-corrected chi connectivity index (χ1v) is 4.75. The zero-order chi connectivity index (χ0) is 9.84. The smallest absolute Gasteiger partial charge is 0.134 e. The van der Waals surface area contributed by atoms with E-state index >= 15 is 0 Å². The zero-order valence-corrected chi connectivity index (χ0v) is 8.90. The number of halogens is 2. The summed E-state index contributed by atoms with van der Waals surface area (Å²) in [4.78, 5) is 10.8. The van der Waals surface area contributed by atoms with E-state index in [9.17, 15) is 9.18 Å². The van der Waals surface area contributed by atoms with Gasteiger partial charge in [0.2, 0.25) is 0 Å². The fourth-order valence-corrected chi connectivity index (χ4v) is 1.57. The summed E-state index contributed by atoms with van der Waals surface area (Å²) in [6.45, 7) is 0.978. The van der Waals surface area contributed by atoms with Crippen LogP contribution in [0.15, 0.2) is 22.7 Å². The van der Waals surface area contributed by atoms with Crippen molar-refractivity contribution >= 4 is 21.7 Å². The van der Waals surface area contributed by atoms with Gasteiger partial charge in [-0.2, -0.15) is 0 Å². The Kier molecular flexibility index (Phi) is 3.60. The fourth-order valence-electron chi connectivity index (χ4n) is 1.16. The molecule has 0 saturated heterocycles. The molecule has 0 atom stereocenters. The van der Waals surface area contributed by atoms with E-state index in [1.807, 2.05) is 6.07 Å². The molecule has 1 aromatic rings. The third-order valence-electron chi connectivity index (χ3n) is 1.75. The average Bonchev–Trinajstić information content (AvgIpc) is 2.07. The second-order valence-corrected chi connectivity index (χ2v) is 3.84. The molecule has 0 radical (unpaired) electrons. The van der Waals surface area contributed by atoms with Gasteiger partial charge >= 0.3 is 0 Å². The first-order chi connectivity index (χ1) is 6.13. The number of ketones is 1. The van der Waals surface area contributed by atoms with Crippen molar-refractivity contribution in [2.75, 3.05) is 0 Å². The minimum absolute atomic E-state index is 0.0528. The molecule has 1 nitrogen and oxygen atoms in total. The van der Waals surface area contributed by atoms with Gasteiger partial charge in [0.25, 0.3) is 0 Å². The van der Waals surface area contributed by atoms with Crippen LogP contribution in [0.1, 0.15) is 18.1 Å². The van der Waals surface area contributed by atoms with Gasteiger partial charge in [-0.05, 0) is 30.2 Å². The first kappa shape index (κ1) is 10.4. The molecule has 0 bridgehead atoms. The van der Waals surface area contributed by atoms with Crippen molar-refractivity contribution in [3.63, 3.8) is 0 Å². The number of hydrogen-bond acceptors (Lipinski definition) is 1. The third kappa shape index (κ3) is 2.92. The Bertz CT molecular complexity index is 323. The van der Waals surface area contributed by atoms with Crippen LogP contribution in [-0.2, 0) is 17.9 Å². The van der Waals surface area contributed by atoms with Gasteiger partial charge in [-0.3, -0.25) is 4.79 Å². The van der Waals surface area contributed by atoms with Gasteiger partial charge in [0.05, 0.1) is 0 Å². The molecule has 0 unspecified atom stereocenters. The van der Waals surface area contributed by atoms with E-state index in [0.29, 0.717) is 12.0 Å². The number of carbonyl (C=O) groups excluding carboxylic acids is 1. The van der Waals surface area contributed by atoms with Crippen molar-refractivity contribution in [1.82, 2.24) is 0 Å². The van der Waals surface area contributed by atoms with Gasteiger partial charge in [0, 0.05) is 10.9 Å². The molecule has 0 spiro atoms. The van der Waals surface area contributed by atoms with Gasteiger partial charge in [-0.15, -0.1) is 0 Å². The molecule has 0 aliphatic carbocycles. The molecule has 13 heavy (non-hydrogen) atoms. The van der Waals surface area contributed by atoms with Crippen LogP contribution in [0.3, 0.4) is 0 Å². The van der Waals surface area contributed by atoms with Crippen molar-refractivity contribution in [1.29, 1.82) is 0 Å². The van der Waals surface area contributed by atoms with Crippen LogP contribution in [0.2, 0.25) is 0 Å². The highest BCUT2D eigenvalue weighted by molar-refractivity contribution is 9.10. The Hall–Kier alpha value is -0.700. The summed E-state index contributed by atoms with van der Waals surface area (Å²) in [5, 5.41) is 0. The Morgan fingerprint density at radius 1 is 1.46 bits per heavy atom. The Labute approximate surface area is 85.1 Å². The summed E-state index contributed by atoms with van der Waals surface area (Å²) < 4.78 is 13.3. The number of carbonyl (C=O) groups is 1. The zero-order valence-electron chi connectivity index (χ0n) is 7.31. The maximum absolute atomic E-state index is 12.5. The molecule has 70 valence electrons. The van der Waals surface area contributed by atoms with E-state index in [1.165, 1.54) is 6.92 Å². The van der Waals surface area contributed by atoms with Crippen LogP contribution < -0.4 is 0 Å². The minimum atomic E-state index is -0.526. The van der Waals surface area contributed by atoms with E-state index in [1.54, 1.807) is 12.1 Å². The lowest BCUT2D eigenvalue weighted by Gasteiger charge is -2.04. The van der Waals surface area contributed by atoms with Gasteiger partial charge < -0.3 is 0 Å². The number of Topliss-reactive ketones (excluding diaryl/α,β-unsaturated/α-hetero) is 1. The number of alkyl halides is 1. The third-order valence-corrected chi connectivity index (χ3v) is 2.24. The van der Waals surface area contributed by atoms with Crippen molar-refractivity contribution in [3.8, 4) is 0 Å². The van der Waals surface area contributed by atoms with Crippen molar-refractivity contribution < 1.29 is 9.18 Å². The molecule has 0 fully saturated rings. The molecule has 1 aromatic carbocycles. The quantitative estimate of drug-likeness (QED) is 0.799. The van der Waals surface area contributed by atoms with E-state index < -0.39 is 6.67 Å². The molecule has 3 heteroatoms. The van der Waals surface area contributed by atoms with E-state index in [-0.39, 0.29) is 5.78 Å². The largest absolute Gasteiger partial charge is 0.300 e. The highest BCUT2D eigenvalue weighted by Crippen LogP contribution is 2.18. The Morgan fingerprint density at radius 2 is 2.15 bits per heavy atom. The summed E-state index contributed by atoms with van der Waals surface area (Å²) in [5.41, 5.74) is 1.36. The second-order valence-electron chi connectivity index (χ2n) is 2.93. The number of hydrogen-bond donors (Lipinski definition) is 0. The fraction of sp³-hybridized carbons (Fsp3) is 0.300. The molecule has 1 rings (SSSR count). The molecule has 0 amide bonds. The minimum Gasteiger partial charge on any atom is -0.300 e. The molecule has 0 aliphatic rings. The van der Waals surface area contributed by atoms with Crippen LogP contribution in [0.5, 0.6) is 0 Å². The molecule has 0 aliphatic heterocycles. The van der Waals surface area contributed by atoms with Gasteiger partial charge in [0.1, 0.15) is 12.5 Å².